The van der Waals surface area contributed by atoms with Crippen LogP contribution in [0.2, 0.25) is 0 Å². The quantitative estimate of drug-likeness (QED) is 0.694. The summed E-state index contributed by atoms with van der Waals surface area (Å²) in [5.41, 5.74) is 0. The number of hydrogen-bond acceptors (Lipinski definition) is 2. The number of carboxylic acid groups (broad SMARTS) is 1. The Morgan fingerprint density at radius 3 is 2.15 bits per heavy atom. The minimum Gasteiger partial charge on any atom is -0.479 e. The molecule has 0 fully saturated rings. The molecule has 13 heavy (non-hydrogen) atoms. The van der Waals surface area contributed by atoms with Crippen LogP contribution in [0.4, 0.5) is 4.39 Å². The first-order valence-corrected chi connectivity index (χ1v) is 4.17. The van der Waals surface area contributed by atoms with Gasteiger partial charge in [-0.15, -0.1) is 0 Å². The van der Waals surface area contributed by atoms with Gasteiger partial charge in [0.15, 0.2) is 0 Å². The number of carboxylic acids is 1. The fourth-order valence-electron chi connectivity index (χ4n) is 0.946. The highest BCUT2D eigenvalue weighted by Gasteiger charge is 2.22. The van der Waals surface area contributed by atoms with Crippen molar-refractivity contribution in [1.29, 1.82) is 0 Å². The first kappa shape index (κ1) is 11.9. The molecule has 0 aromatic heterocycles. The van der Waals surface area contributed by atoms with E-state index in [-0.39, 0.29) is 0 Å². The second-order valence-electron chi connectivity index (χ2n) is 2.58. The molecule has 0 spiro atoms. The van der Waals surface area contributed by atoms with E-state index >= 15 is 0 Å². The summed E-state index contributed by atoms with van der Waals surface area (Å²) in [6.45, 7) is 4.47. The number of carbonyl (C=O) groups excluding carboxylic acids is 1. The van der Waals surface area contributed by atoms with Crippen LogP contribution in [0.15, 0.2) is 0 Å². The average molecular weight is 191 g/mol. The Hall–Kier alpha value is -1.13. The number of carbonyl (C=O) groups is 2. The number of hydrogen-bond donors (Lipinski definition) is 1. The molecular formula is C8H14FNO3. The van der Waals surface area contributed by atoms with Crippen LogP contribution in [0.25, 0.3) is 0 Å². The molecule has 0 saturated carbocycles. The molecule has 4 nitrogen and oxygen atoms in total. The first-order valence-electron chi connectivity index (χ1n) is 4.17. The lowest BCUT2D eigenvalue weighted by Gasteiger charge is -2.18. The Balaban J connectivity index is 4.05. The van der Waals surface area contributed by atoms with Crippen molar-refractivity contribution in [3.05, 3.63) is 0 Å². The van der Waals surface area contributed by atoms with Gasteiger partial charge in [-0.3, -0.25) is 4.79 Å². The van der Waals surface area contributed by atoms with E-state index in [4.69, 9.17) is 5.11 Å². The van der Waals surface area contributed by atoms with Gasteiger partial charge >= 0.3 is 5.97 Å². The zero-order valence-corrected chi connectivity index (χ0v) is 7.79. The van der Waals surface area contributed by atoms with E-state index in [9.17, 15) is 14.0 Å². The van der Waals surface area contributed by atoms with Gasteiger partial charge in [-0.2, -0.15) is 0 Å². The third kappa shape index (κ3) is 3.87. The summed E-state index contributed by atoms with van der Waals surface area (Å²) in [6.07, 6.45) is -2.66. The number of nitrogens with zero attached hydrogens (tertiary/aromatic N) is 1. The third-order valence-electron chi connectivity index (χ3n) is 1.74. The zero-order valence-electron chi connectivity index (χ0n) is 7.79. The standard InChI is InChI=1S/C8H14FNO3/c1-3-10(4-2)7(11)5-6(9)8(12)13/h6H,3-5H2,1-2H3,(H,12,13)/t6-/m0/s1. The Morgan fingerprint density at radius 1 is 1.38 bits per heavy atom. The van der Waals surface area contributed by atoms with E-state index in [0.29, 0.717) is 13.1 Å². The lowest BCUT2D eigenvalue weighted by Crippen LogP contribution is -2.33. The van der Waals surface area contributed by atoms with Crippen LogP contribution in [0, 0.1) is 0 Å². The summed E-state index contributed by atoms with van der Waals surface area (Å²) >= 11 is 0. The number of rotatable bonds is 5. The van der Waals surface area contributed by atoms with Crippen LogP contribution in [0.5, 0.6) is 0 Å². The van der Waals surface area contributed by atoms with Gasteiger partial charge in [-0.1, -0.05) is 0 Å². The first-order chi connectivity index (χ1) is 6.02. The molecule has 1 amide bonds. The van der Waals surface area contributed by atoms with Crippen molar-refractivity contribution in [3.8, 4) is 0 Å². The second-order valence-corrected chi connectivity index (χ2v) is 2.58. The normalized spacial score (nSPS) is 12.2. The van der Waals surface area contributed by atoms with Crippen LogP contribution in [0.1, 0.15) is 20.3 Å². The van der Waals surface area contributed by atoms with Crippen molar-refractivity contribution in [1.82, 2.24) is 4.90 Å². The second kappa shape index (κ2) is 5.50. The van der Waals surface area contributed by atoms with Crippen molar-refractivity contribution >= 4 is 11.9 Å². The summed E-state index contributed by atoms with van der Waals surface area (Å²) in [7, 11) is 0. The van der Waals surface area contributed by atoms with E-state index in [1.807, 2.05) is 0 Å². The van der Waals surface area contributed by atoms with Crippen LogP contribution in [-0.2, 0) is 9.59 Å². The molecule has 0 unspecified atom stereocenters. The molecule has 0 aromatic carbocycles. The fourth-order valence-corrected chi connectivity index (χ4v) is 0.946. The lowest BCUT2D eigenvalue weighted by molar-refractivity contribution is -0.146. The molecule has 1 N–H and O–H groups in total. The SMILES string of the molecule is CCN(CC)C(=O)C[C@H](F)C(=O)O. The summed E-state index contributed by atoms with van der Waals surface area (Å²) in [5.74, 6) is -2.04. The monoisotopic (exact) mass is 191 g/mol. The van der Waals surface area contributed by atoms with Gasteiger partial charge in [0.2, 0.25) is 12.1 Å². The summed E-state index contributed by atoms with van der Waals surface area (Å²) in [6, 6.07) is 0. The molecule has 0 aromatic rings. The summed E-state index contributed by atoms with van der Waals surface area (Å²) in [5, 5.41) is 8.21. The summed E-state index contributed by atoms with van der Waals surface area (Å²) in [4.78, 5) is 22.6. The molecule has 0 heterocycles. The van der Waals surface area contributed by atoms with Crippen molar-refractivity contribution < 1.29 is 19.1 Å². The molecule has 5 heteroatoms. The Morgan fingerprint density at radius 2 is 1.85 bits per heavy atom. The van der Waals surface area contributed by atoms with Gasteiger partial charge in [0.05, 0.1) is 6.42 Å². The predicted molar refractivity (Wildman–Crippen MR) is 45.1 cm³/mol. The van der Waals surface area contributed by atoms with Crippen LogP contribution < -0.4 is 0 Å². The number of aliphatic carboxylic acids is 1. The molecule has 0 aliphatic rings. The Kier molecular flexibility index (Phi) is 5.03. The van der Waals surface area contributed by atoms with Crippen LogP contribution >= 0.6 is 0 Å². The molecule has 0 rings (SSSR count). The van der Waals surface area contributed by atoms with Crippen LogP contribution in [0.3, 0.4) is 0 Å². The number of amides is 1. The molecule has 0 bridgehead atoms. The van der Waals surface area contributed by atoms with Gasteiger partial charge in [0.25, 0.3) is 0 Å². The van der Waals surface area contributed by atoms with E-state index in [1.54, 1.807) is 13.8 Å². The molecule has 0 aliphatic heterocycles. The van der Waals surface area contributed by atoms with Crippen molar-refractivity contribution in [3.63, 3.8) is 0 Å². The lowest BCUT2D eigenvalue weighted by atomic mass is 10.2. The highest BCUT2D eigenvalue weighted by molar-refractivity contribution is 5.83. The smallest absolute Gasteiger partial charge is 0.338 e. The molecule has 0 saturated heterocycles. The Bertz CT molecular complexity index is 192. The van der Waals surface area contributed by atoms with E-state index in [1.165, 1.54) is 4.90 Å². The van der Waals surface area contributed by atoms with Gasteiger partial charge in [0.1, 0.15) is 0 Å². The van der Waals surface area contributed by atoms with Gasteiger partial charge in [-0.25, -0.2) is 9.18 Å². The molecule has 0 radical (unpaired) electrons. The van der Waals surface area contributed by atoms with Crippen molar-refractivity contribution in [2.75, 3.05) is 13.1 Å². The average Bonchev–Trinajstić information content (AvgIpc) is 2.06. The zero-order chi connectivity index (χ0) is 10.4. The topological polar surface area (TPSA) is 57.6 Å². The van der Waals surface area contributed by atoms with E-state index in [2.05, 4.69) is 0 Å². The van der Waals surface area contributed by atoms with Gasteiger partial charge in [0, 0.05) is 13.1 Å². The van der Waals surface area contributed by atoms with Gasteiger partial charge in [-0.05, 0) is 13.8 Å². The maximum absolute atomic E-state index is 12.6. The number of alkyl halides is 1. The molecule has 0 aliphatic carbocycles. The van der Waals surface area contributed by atoms with E-state index in [0.717, 1.165) is 0 Å². The minimum absolute atomic E-state index is 0.458. The highest BCUT2D eigenvalue weighted by Crippen LogP contribution is 2.02. The molecular weight excluding hydrogens is 177 g/mol. The van der Waals surface area contributed by atoms with Crippen molar-refractivity contribution in [2.24, 2.45) is 0 Å². The van der Waals surface area contributed by atoms with E-state index < -0.39 is 24.5 Å². The van der Waals surface area contributed by atoms with Crippen LogP contribution in [-0.4, -0.2) is 41.1 Å². The molecule has 76 valence electrons. The third-order valence-corrected chi connectivity index (χ3v) is 1.74. The minimum atomic E-state index is -2.09. The predicted octanol–water partition coefficient (Wildman–Crippen LogP) is 0.668. The fraction of sp³-hybridized carbons (Fsp3) is 0.750. The molecule has 1 atom stereocenters. The summed E-state index contributed by atoms with van der Waals surface area (Å²) < 4.78 is 12.6. The Labute approximate surface area is 76.3 Å². The highest BCUT2D eigenvalue weighted by atomic mass is 19.1. The van der Waals surface area contributed by atoms with Crippen molar-refractivity contribution in [2.45, 2.75) is 26.4 Å². The maximum atomic E-state index is 12.6. The number of halogens is 1. The largest absolute Gasteiger partial charge is 0.479 e. The maximum Gasteiger partial charge on any atom is 0.338 e. The van der Waals surface area contributed by atoms with Gasteiger partial charge < -0.3 is 10.0 Å².